The first kappa shape index (κ1) is 23.2. The van der Waals surface area contributed by atoms with Crippen molar-refractivity contribution < 1.29 is 4.79 Å². The molecule has 5 aromatic rings. The first-order valence-corrected chi connectivity index (χ1v) is 11.8. The molecule has 2 aromatic carbocycles. The minimum atomic E-state index is -0.516. The molecule has 178 valence electrons. The molecule has 0 saturated heterocycles. The highest BCUT2D eigenvalue weighted by Gasteiger charge is 2.25. The lowest BCUT2D eigenvalue weighted by Gasteiger charge is -2.21. The summed E-state index contributed by atoms with van der Waals surface area (Å²) in [6.07, 6.45) is 7.32. The second-order valence-electron chi connectivity index (χ2n) is 8.96. The lowest BCUT2D eigenvalue weighted by Crippen LogP contribution is -2.31. The number of nitrogens with one attached hydrogen (secondary N) is 1. The molecule has 2 atom stereocenters. The molecule has 3 heterocycles. The van der Waals surface area contributed by atoms with Gasteiger partial charge >= 0.3 is 0 Å². The summed E-state index contributed by atoms with van der Waals surface area (Å²) in [6.45, 7) is 2.71. The quantitative estimate of drug-likeness (QED) is 0.322. The SMILES string of the molecule is C[C@@H](CNC(C(=O)c1cnn2cc(-c3cnn(C)c3)ccc12)c1ccccc1)c1ccc(C#N)cc1. The zero-order valence-corrected chi connectivity index (χ0v) is 20.2. The van der Waals surface area contributed by atoms with Gasteiger partial charge in [-0.1, -0.05) is 55.5 Å². The molecule has 5 rings (SSSR count). The van der Waals surface area contributed by atoms with Crippen LogP contribution in [0, 0.1) is 11.3 Å². The van der Waals surface area contributed by atoms with Crippen molar-refractivity contribution in [1.82, 2.24) is 24.7 Å². The minimum absolute atomic E-state index is 0.0302. The van der Waals surface area contributed by atoms with Crippen LogP contribution in [-0.4, -0.2) is 31.7 Å². The van der Waals surface area contributed by atoms with Gasteiger partial charge in [-0.2, -0.15) is 15.5 Å². The number of fused-ring (bicyclic) bond motifs is 1. The van der Waals surface area contributed by atoms with Gasteiger partial charge in [0.2, 0.25) is 0 Å². The van der Waals surface area contributed by atoms with Gasteiger partial charge in [-0.3, -0.25) is 9.48 Å². The lowest BCUT2D eigenvalue weighted by molar-refractivity contribution is 0.0944. The minimum Gasteiger partial charge on any atom is -0.303 e. The highest BCUT2D eigenvalue weighted by atomic mass is 16.1. The zero-order valence-electron chi connectivity index (χ0n) is 20.2. The highest BCUT2D eigenvalue weighted by molar-refractivity contribution is 6.06. The maximum atomic E-state index is 13.8. The van der Waals surface area contributed by atoms with E-state index in [1.54, 1.807) is 21.6 Å². The van der Waals surface area contributed by atoms with E-state index in [0.29, 0.717) is 17.7 Å². The normalized spacial score (nSPS) is 12.8. The molecule has 7 nitrogen and oxygen atoms in total. The Hall–Kier alpha value is -4.54. The van der Waals surface area contributed by atoms with Gasteiger partial charge in [-0.15, -0.1) is 0 Å². The van der Waals surface area contributed by atoms with E-state index < -0.39 is 6.04 Å². The number of carbonyl (C=O) groups is 1. The summed E-state index contributed by atoms with van der Waals surface area (Å²) < 4.78 is 3.50. The van der Waals surface area contributed by atoms with E-state index in [0.717, 1.165) is 27.8 Å². The molecule has 0 aliphatic rings. The second kappa shape index (κ2) is 9.98. The first-order chi connectivity index (χ1) is 17.5. The number of hydrogen-bond acceptors (Lipinski definition) is 5. The number of carbonyl (C=O) groups excluding carboxylic acids is 1. The van der Waals surface area contributed by atoms with Crippen LogP contribution in [0.4, 0.5) is 0 Å². The molecule has 0 fully saturated rings. The fourth-order valence-corrected chi connectivity index (χ4v) is 4.38. The molecule has 0 spiro atoms. The average molecular weight is 475 g/mol. The van der Waals surface area contributed by atoms with Crippen LogP contribution < -0.4 is 5.32 Å². The summed E-state index contributed by atoms with van der Waals surface area (Å²) in [6, 6.07) is 22.9. The smallest absolute Gasteiger partial charge is 0.188 e. The van der Waals surface area contributed by atoms with Gasteiger partial charge < -0.3 is 5.32 Å². The zero-order chi connectivity index (χ0) is 25.1. The van der Waals surface area contributed by atoms with Gasteiger partial charge in [0.1, 0.15) is 0 Å². The fraction of sp³-hybridized carbons (Fsp3) is 0.172. The van der Waals surface area contributed by atoms with E-state index in [9.17, 15) is 4.79 Å². The van der Waals surface area contributed by atoms with Crippen molar-refractivity contribution >= 4 is 11.3 Å². The van der Waals surface area contributed by atoms with E-state index in [1.807, 2.05) is 86.2 Å². The van der Waals surface area contributed by atoms with Crippen LogP contribution in [0.5, 0.6) is 0 Å². The molecule has 0 amide bonds. The molecular weight excluding hydrogens is 448 g/mol. The molecule has 7 heteroatoms. The van der Waals surface area contributed by atoms with Crippen molar-refractivity contribution in [2.75, 3.05) is 6.54 Å². The van der Waals surface area contributed by atoms with E-state index in [-0.39, 0.29) is 11.7 Å². The Morgan fingerprint density at radius 1 is 0.944 bits per heavy atom. The summed E-state index contributed by atoms with van der Waals surface area (Å²) in [7, 11) is 1.88. The van der Waals surface area contributed by atoms with Crippen molar-refractivity contribution in [3.05, 3.63) is 114 Å². The maximum Gasteiger partial charge on any atom is 0.188 e. The van der Waals surface area contributed by atoms with Crippen LogP contribution in [-0.2, 0) is 7.05 Å². The number of aromatic nitrogens is 4. The summed E-state index contributed by atoms with van der Waals surface area (Å²) in [4.78, 5) is 13.8. The second-order valence-corrected chi connectivity index (χ2v) is 8.96. The maximum absolute atomic E-state index is 13.8. The monoisotopic (exact) mass is 474 g/mol. The van der Waals surface area contributed by atoms with Crippen molar-refractivity contribution in [2.24, 2.45) is 7.05 Å². The number of benzene rings is 2. The third-order valence-corrected chi connectivity index (χ3v) is 6.45. The Morgan fingerprint density at radius 2 is 1.72 bits per heavy atom. The predicted octanol–water partition coefficient (Wildman–Crippen LogP) is 4.92. The van der Waals surface area contributed by atoms with E-state index in [1.165, 1.54) is 0 Å². The largest absolute Gasteiger partial charge is 0.303 e. The van der Waals surface area contributed by atoms with Gasteiger partial charge in [0.25, 0.3) is 0 Å². The molecular formula is C29H26N6O. The van der Waals surface area contributed by atoms with E-state index in [2.05, 4.69) is 28.5 Å². The topological polar surface area (TPSA) is 88.0 Å². The number of pyridine rings is 1. The summed E-state index contributed by atoms with van der Waals surface area (Å²) in [5, 5.41) is 21.3. The van der Waals surface area contributed by atoms with Crippen LogP contribution in [0.15, 0.2) is 91.5 Å². The standard InChI is InChI=1S/C29H26N6O/c1-20(22-10-8-21(14-30)9-11-22)15-31-28(23-6-4-3-5-7-23)29(36)26-17-33-35-19-24(12-13-27(26)35)25-16-32-34(2)18-25/h3-13,16-20,28,31H,15H2,1-2H3/t20-,28?/m0/s1. The Bertz CT molecular complexity index is 1540. The van der Waals surface area contributed by atoms with Crippen molar-refractivity contribution in [3.8, 4) is 17.2 Å². The number of hydrogen-bond donors (Lipinski definition) is 1. The summed E-state index contributed by atoms with van der Waals surface area (Å²) >= 11 is 0. The molecule has 0 saturated carbocycles. The van der Waals surface area contributed by atoms with E-state index >= 15 is 0 Å². The Morgan fingerprint density at radius 3 is 2.42 bits per heavy atom. The summed E-state index contributed by atoms with van der Waals surface area (Å²) in [5.74, 6) is 0.125. The molecule has 0 radical (unpaired) electrons. The van der Waals surface area contributed by atoms with Gasteiger partial charge in [0.15, 0.2) is 5.78 Å². The van der Waals surface area contributed by atoms with Gasteiger partial charge in [-0.25, -0.2) is 4.52 Å². The lowest BCUT2D eigenvalue weighted by atomic mass is 9.95. The van der Waals surface area contributed by atoms with Gasteiger partial charge in [0.05, 0.1) is 41.1 Å². The Labute approximate surface area is 209 Å². The number of nitrogens with zero attached hydrogens (tertiary/aromatic N) is 5. The van der Waals surface area contributed by atoms with Crippen molar-refractivity contribution in [2.45, 2.75) is 18.9 Å². The molecule has 0 bridgehead atoms. The number of aryl methyl sites for hydroxylation is 1. The molecule has 1 N–H and O–H groups in total. The van der Waals surface area contributed by atoms with Crippen molar-refractivity contribution in [3.63, 3.8) is 0 Å². The number of nitriles is 1. The third-order valence-electron chi connectivity index (χ3n) is 6.45. The van der Waals surface area contributed by atoms with Crippen molar-refractivity contribution in [1.29, 1.82) is 5.26 Å². The van der Waals surface area contributed by atoms with Crippen LogP contribution in [0.1, 0.15) is 45.9 Å². The molecule has 1 unspecified atom stereocenters. The Balaban J connectivity index is 1.41. The number of Topliss-reactive ketones (excluding diaryl/α,β-unsaturated/α-hetero) is 1. The fourth-order valence-electron chi connectivity index (χ4n) is 4.38. The van der Waals surface area contributed by atoms with Gasteiger partial charge in [-0.05, 0) is 35.2 Å². The predicted molar refractivity (Wildman–Crippen MR) is 138 cm³/mol. The highest BCUT2D eigenvalue weighted by Crippen LogP contribution is 2.25. The summed E-state index contributed by atoms with van der Waals surface area (Å²) in [5.41, 5.74) is 5.95. The molecule has 0 aliphatic carbocycles. The molecule has 36 heavy (non-hydrogen) atoms. The van der Waals surface area contributed by atoms with Crippen LogP contribution >= 0.6 is 0 Å². The molecule has 0 aliphatic heterocycles. The van der Waals surface area contributed by atoms with Crippen LogP contribution in [0.3, 0.4) is 0 Å². The number of ketones is 1. The molecule has 3 aromatic heterocycles. The first-order valence-electron chi connectivity index (χ1n) is 11.8. The average Bonchev–Trinajstić information content (AvgIpc) is 3.55. The van der Waals surface area contributed by atoms with Crippen LogP contribution in [0.2, 0.25) is 0 Å². The van der Waals surface area contributed by atoms with Crippen LogP contribution in [0.25, 0.3) is 16.6 Å². The Kier molecular flexibility index (Phi) is 6.44. The van der Waals surface area contributed by atoms with Gasteiger partial charge in [0, 0.05) is 37.1 Å². The number of rotatable bonds is 8. The van der Waals surface area contributed by atoms with E-state index in [4.69, 9.17) is 5.26 Å². The third kappa shape index (κ3) is 4.67.